The summed E-state index contributed by atoms with van der Waals surface area (Å²) in [4.78, 5) is 35.0. The van der Waals surface area contributed by atoms with Gasteiger partial charge in [-0.15, -0.1) is 0 Å². The van der Waals surface area contributed by atoms with Gasteiger partial charge >= 0.3 is 17.9 Å². The summed E-state index contributed by atoms with van der Waals surface area (Å²) in [5.41, 5.74) is -4.04. The van der Waals surface area contributed by atoms with E-state index in [2.05, 4.69) is 0 Å². The van der Waals surface area contributed by atoms with Gasteiger partial charge in [0.15, 0.2) is 5.82 Å². The van der Waals surface area contributed by atoms with Crippen LogP contribution < -0.4 is 4.90 Å². The molecule has 0 aliphatic carbocycles. The maximum absolute atomic E-state index is 14.4. The number of imide groups is 1. The van der Waals surface area contributed by atoms with Crippen LogP contribution in [0, 0.1) is 21.7 Å². The van der Waals surface area contributed by atoms with Crippen LogP contribution in [-0.2, 0) is 9.47 Å². The molecular formula is C18H24F2N2O6. The van der Waals surface area contributed by atoms with Crippen LogP contribution in [0.2, 0.25) is 0 Å². The topological polar surface area (TPSA) is 99.0 Å². The van der Waals surface area contributed by atoms with Gasteiger partial charge in [0.05, 0.1) is 16.7 Å². The fraction of sp³-hybridized carbons (Fsp3) is 0.556. The minimum Gasteiger partial charge on any atom is -0.443 e. The van der Waals surface area contributed by atoms with Crippen molar-refractivity contribution in [3.63, 3.8) is 0 Å². The van der Waals surface area contributed by atoms with Gasteiger partial charge in [-0.25, -0.2) is 14.0 Å². The van der Waals surface area contributed by atoms with E-state index in [1.54, 1.807) is 13.8 Å². The Labute approximate surface area is 161 Å². The number of nitro groups is 1. The van der Waals surface area contributed by atoms with E-state index < -0.39 is 51.3 Å². The first-order valence-corrected chi connectivity index (χ1v) is 8.58. The molecule has 0 bridgehead atoms. The summed E-state index contributed by atoms with van der Waals surface area (Å²) in [6, 6.07) is 0.665. The molecule has 2 amide bonds. The first kappa shape index (κ1) is 23.3. The molecule has 1 rings (SSSR count). The van der Waals surface area contributed by atoms with Gasteiger partial charge < -0.3 is 9.47 Å². The zero-order valence-electron chi connectivity index (χ0n) is 16.7. The quantitative estimate of drug-likeness (QED) is 0.488. The summed E-state index contributed by atoms with van der Waals surface area (Å²) in [6.07, 6.45) is -1.50. The first-order valence-electron chi connectivity index (χ1n) is 8.58. The molecule has 0 unspecified atom stereocenters. The van der Waals surface area contributed by atoms with E-state index >= 15 is 0 Å². The number of benzene rings is 1. The molecule has 28 heavy (non-hydrogen) atoms. The number of halogens is 2. The van der Waals surface area contributed by atoms with Crippen molar-refractivity contribution >= 4 is 23.6 Å². The fourth-order valence-electron chi connectivity index (χ4n) is 2.35. The number of hydrogen-bond acceptors (Lipinski definition) is 6. The van der Waals surface area contributed by atoms with Crippen LogP contribution in [-0.4, -0.2) is 28.3 Å². The third-order valence-corrected chi connectivity index (χ3v) is 3.43. The van der Waals surface area contributed by atoms with Crippen LogP contribution in [0.3, 0.4) is 0 Å². The molecule has 0 radical (unpaired) electrons. The van der Waals surface area contributed by atoms with Gasteiger partial charge in [-0.05, 0) is 41.0 Å². The Hall–Kier alpha value is -2.78. The number of hydrogen-bond donors (Lipinski definition) is 0. The highest BCUT2D eigenvalue weighted by atomic mass is 19.1. The van der Waals surface area contributed by atoms with Gasteiger partial charge in [0.25, 0.3) is 0 Å². The lowest BCUT2D eigenvalue weighted by Crippen LogP contribution is -2.44. The number of amides is 2. The third kappa shape index (κ3) is 6.14. The molecule has 0 spiro atoms. The summed E-state index contributed by atoms with van der Waals surface area (Å²) < 4.78 is 38.8. The van der Waals surface area contributed by atoms with Crippen molar-refractivity contribution in [3.05, 3.63) is 33.9 Å². The van der Waals surface area contributed by atoms with Crippen molar-refractivity contribution in [1.82, 2.24) is 0 Å². The summed E-state index contributed by atoms with van der Waals surface area (Å²) >= 11 is 0. The lowest BCUT2D eigenvalue weighted by atomic mass is 10.0. The molecule has 156 valence electrons. The minimum atomic E-state index is -1.42. The van der Waals surface area contributed by atoms with E-state index in [1.165, 1.54) is 20.8 Å². The number of carbonyl (C=O) groups excluding carboxylic acids is 2. The first-order chi connectivity index (χ1) is 12.7. The predicted molar refractivity (Wildman–Crippen MR) is 97.2 cm³/mol. The lowest BCUT2D eigenvalue weighted by Gasteiger charge is -2.30. The maximum atomic E-state index is 14.4. The highest BCUT2D eigenvalue weighted by molar-refractivity contribution is 6.09. The average Bonchev–Trinajstić information content (AvgIpc) is 2.47. The van der Waals surface area contributed by atoms with Gasteiger partial charge in [-0.3, -0.25) is 10.1 Å². The van der Waals surface area contributed by atoms with E-state index in [9.17, 15) is 28.5 Å². The smallest absolute Gasteiger partial charge is 0.424 e. The van der Waals surface area contributed by atoms with Crippen molar-refractivity contribution in [2.75, 3.05) is 4.90 Å². The monoisotopic (exact) mass is 402 g/mol. The van der Waals surface area contributed by atoms with E-state index in [0.29, 0.717) is 18.9 Å². The maximum Gasteiger partial charge on any atom is 0.424 e. The molecular weight excluding hydrogens is 378 g/mol. The van der Waals surface area contributed by atoms with Crippen molar-refractivity contribution in [2.24, 2.45) is 0 Å². The number of nitrogens with zero attached hydrogens (tertiary/aromatic N) is 2. The normalized spacial score (nSPS) is 11.7. The molecule has 0 aliphatic heterocycles. The summed E-state index contributed by atoms with van der Waals surface area (Å²) in [5.74, 6) is -2.78. The van der Waals surface area contributed by atoms with Crippen LogP contribution in [0.15, 0.2) is 12.1 Å². The third-order valence-electron chi connectivity index (χ3n) is 3.43. The summed E-state index contributed by atoms with van der Waals surface area (Å²) in [5, 5.41) is 10.8. The zero-order valence-corrected chi connectivity index (χ0v) is 16.7. The minimum absolute atomic E-state index is 0.185. The standard InChI is InChI=1S/C18H24F2N2O6/c1-7-8-18(5,6)28-16(24)21(15(23)27-17(2,3)4)13-9-12(20)14(22(25)26)10-11(13)19/h9-10H,7-8H2,1-6H3. The van der Waals surface area contributed by atoms with Crippen LogP contribution in [0.4, 0.5) is 29.7 Å². The van der Waals surface area contributed by atoms with Crippen LogP contribution >= 0.6 is 0 Å². The molecule has 1 aromatic rings. The zero-order chi connectivity index (χ0) is 21.9. The summed E-state index contributed by atoms with van der Waals surface area (Å²) in [7, 11) is 0. The molecule has 0 aromatic heterocycles. The van der Waals surface area contributed by atoms with Crippen LogP contribution in [0.1, 0.15) is 54.4 Å². The average molecular weight is 402 g/mol. The van der Waals surface area contributed by atoms with Crippen molar-refractivity contribution in [3.8, 4) is 0 Å². The van der Waals surface area contributed by atoms with Crippen LogP contribution in [0.25, 0.3) is 0 Å². The molecule has 0 aliphatic rings. The lowest BCUT2D eigenvalue weighted by molar-refractivity contribution is -0.387. The molecule has 0 heterocycles. The van der Waals surface area contributed by atoms with E-state index in [4.69, 9.17) is 9.47 Å². The molecule has 1 aromatic carbocycles. The SMILES string of the molecule is CCCC(C)(C)OC(=O)N(C(=O)OC(C)(C)C)c1cc(F)c([N+](=O)[O-])cc1F. The number of rotatable bonds is 5. The highest BCUT2D eigenvalue weighted by Crippen LogP contribution is 2.30. The van der Waals surface area contributed by atoms with Gasteiger partial charge in [0, 0.05) is 6.07 Å². The number of carbonyl (C=O) groups is 2. The fourth-order valence-corrected chi connectivity index (χ4v) is 2.35. The summed E-state index contributed by atoms with van der Waals surface area (Å²) in [6.45, 7) is 9.59. The van der Waals surface area contributed by atoms with E-state index in [1.807, 2.05) is 6.92 Å². The van der Waals surface area contributed by atoms with Gasteiger partial charge in [-0.1, -0.05) is 13.3 Å². The van der Waals surface area contributed by atoms with Crippen molar-refractivity contribution < 1.29 is 32.8 Å². The molecule has 10 heteroatoms. The number of anilines is 1. The Kier molecular flexibility index (Phi) is 7.05. The Bertz CT molecular complexity index is 774. The predicted octanol–water partition coefficient (Wildman–Crippen LogP) is 5.33. The molecule has 0 saturated heterocycles. The Morgan fingerprint density at radius 2 is 1.61 bits per heavy atom. The molecule has 0 atom stereocenters. The second-order valence-electron chi connectivity index (χ2n) is 7.71. The largest absolute Gasteiger partial charge is 0.443 e. The Morgan fingerprint density at radius 1 is 1.07 bits per heavy atom. The van der Waals surface area contributed by atoms with E-state index in [-0.39, 0.29) is 11.0 Å². The number of nitro benzene ring substituents is 1. The molecule has 0 fully saturated rings. The Balaban J connectivity index is 3.43. The second kappa shape index (κ2) is 8.49. The highest BCUT2D eigenvalue weighted by Gasteiger charge is 2.36. The van der Waals surface area contributed by atoms with E-state index in [0.717, 1.165) is 0 Å². The molecule has 0 saturated carbocycles. The molecule has 0 N–H and O–H groups in total. The Morgan fingerprint density at radius 3 is 2.07 bits per heavy atom. The van der Waals surface area contributed by atoms with Gasteiger partial charge in [0.1, 0.15) is 11.2 Å². The van der Waals surface area contributed by atoms with Crippen molar-refractivity contribution in [1.29, 1.82) is 0 Å². The van der Waals surface area contributed by atoms with Gasteiger partial charge in [0.2, 0.25) is 5.82 Å². The van der Waals surface area contributed by atoms with Crippen LogP contribution in [0.5, 0.6) is 0 Å². The van der Waals surface area contributed by atoms with Crippen molar-refractivity contribution in [2.45, 2.75) is 65.6 Å². The number of ether oxygens (including phenoxy) is 2. The van der Waals surface area contributed by atoms with Gasteiger partial charge in [-0.2, -0.15) is 9.29 Å². The molecule has 8 nitrogen and oxygen atoms in total. The second-order valence-corrected chi connectivity index (χ2v) is 7.71.